The molecule has 0 saturated heterocycles. The van der Waals surface area contributed by atoms with Gasteiger partial charge in [0.25, 0.3) is 0 Å². The van der Waals surface area contributed by atoms with Crippen molar-refractivity contribution < 1.29 is 48.8 Å². The molecule has 0 spiro atoms. The quantitative estimate of drug-likeness (QED) is 0.756. The van der Waals surface area contributed by atoms with Gasteiger partial charge >= 0.3 is 23.9 Å². The molecule has 12 heteroatoms. The average Bonchev–Trinajstić information content (AvgIpc) is 2.46. The Hall–Kier alpha value is -1.30. The van der Waals surface area contributed by atoms with E-state index < -0.39 is 46.6 Å². The second-order valence-corrected chi connectivity index (χ2v) is 6.11. The number of halogens is 9. The average molecular weight is 388 g/mol. The molecule has 2 unspecified atom stereocenters. The van der Waals surface area contributed by atoms with Gasteiger partial charge in [-0.05, 0) is 12.1 Å². The highest BCUT2D eigenvalue weighted by atomic mass is 32.2. The van der Waals surface area contributed by atoms with Gasteiger partial charge in [-0.25, -0.2) is 0 Å². The van der Waals surface area contributed by atoms with Crippen molar-refractivity contribution >= 4 is 10.8 Å². The Labute approximate surface area is 131 Å². The van der Waals surface area contributed by atoms with Crippen LogP contribution in [0.5, 0.6) is 0 Å². The summed E-state index contributed by atoms with van der Waals surface area (Å²) >= 11 is 0. The van der Waals surface area contributed by atoms with Gasteiger partial charge in [-0.1, -0.05) is 18.2 Å². The molecule has 0 aromatic heterocycles. The van der Waals surface area contributed by atoms with Gasteiger partial charge in [-0.3, -0.25) is 4.21 Å². The second kappa shape index (κ2) is 6.54. The van der Waals surface area contributed by atoms with Crippen molar-refractivity contribution in [3.63, 3.8) is 0 Å². The Bertz CT molecular complexity index is 586. The van der Waals surface area contributed by atoms with E-state index in [1.807, 2.05) is 0 Å². The van der Waals surface area contributed by atoms with E-state index in [4.69, 9.17) is 5.11 Å². The van der Waals surface area contributed by atoms with E-state index in [9.17, 15) is 43.7 Å². The second-order valence-electron chi connectivity index (χ2n) is 4.61. The molecule has 0 aliphatic carbocycles. The monoisotopic (exact) mass is 388 g/mol. The fraction of sp³-hybridized carbons (Fsp3) is 0.500. The van der Waals surface area contributed by atoms with Crippen molar-refractivity contribution in [2.75, 3.05) is 5.75 Å². The number of aliphatic hydroxyl groups is 1. The molecule has 0 heterocycles. The van der Waals surface area contributed by atoms with Gasteiger partial charge in [0.15, 0.2) is 0 Å². The summed E-state index contributed by atoms with van der Waals surface area (Å²) in [6.07, 6.45) is -10.7. The molecule has 0 amide bonds. The van der Waals surface area contributed by atoms with E-state index >= 15 is 0 Å². The van der Waals surface area contributed by atoms with Crippen molar-refractivity contribution in [2.24, 2.45) is 0 Å². The van der Waals surface area contributed by atoms with E-state index in [2.05, 4.69) is 0 Å². The first-order valence-corrected chi connectivity index (χ1v) is 7.30. The van der Waals surface area contributed by atoms with Gasteiger partial charge in [0, 0.05) is 4.90 Å². The lowest BCUT2D eigenvalue weighted by Gasteiger charge is -2.35. The van der Waals surface area contributed by atoms with Crippen LogP contribution in [0.15, 0.2) is 35.2 Å². The highest BCUT2D eigenvalue weighted by Gasteiger charge is 2.83. The smallest absolute Gasteiger partial charge is 0.386 e. The van der Waals surface area contributed by atoms with Crippen molar-refractivity contribution in [3.8, 4) is 0 Å². The third-order valence-electron chi connectivity index (χ3n) is 2.90. The summed E-state index contributed by atoms with van der Waals surface area (Å²) in [5.74, 6) is -21.9. The number of hydrogen-bond acceptors (Lipinski definition) is 2. The van der Waals surface area contributed by atoms with Crippen LogP contribution < -0.4 is 0 Å². The molecule has 1 aromatic rings. The Balaban J connectivity index is 3.07. The molecule has 0 bridgehead atoms. The molecule has 1 N–H and O–H groups in total. The zero-order valence-corrected chi connectivity index (χ0v) is 12.2. The van der Waals surface area contributed by atoms with Gasteiger partial charge in [-0.2, -0.15) is 39.5 Å². The van der Waals surface area contributed by atoms with E-state index in [1.165, 1.54) is 18.2 Å². The van der Waals surface area contributed by atoms with Gasteiger partial charge < -0.3 is 5.11 Å². The molecule has 0 saturated carbocycles. The Kier molecular flexibility index (Phi) is 5.65. The third kappa shape index (κ3) is 3.53. The largest absolute Gasteiger partial charge is 0.460 e. The van der Waals surface area contributed by atoms with Crippen molar-refractivity contribution in [3.05, 3.63) is 30.3 Å². The number of benzene rings is 1. The van der Waals surface area contributed by atoms with Crippen molar-refractivity contribution in [2.45, 2.75) is 34.9 Å². The number of hydrogen-bond donors (Lipinski definition) is 1. The van der Waals surface area contributed by atoms with Crippen LogP contribution in [0.4, 0.5) is 39.5 Å². The summed E-state index contributed by atoms with van der Waals surface area (Å²) in [4.78, 5) is -0.210. The fourth-order valence-corrected chi connectivity index (χ4v) is 2.66. The maximum atomic E-state index is 13.4. The number of rotatable bonds is 6. The van der Waals surface area contributed by atoms with Crippen LogP contribution in [0.2, 0.25) is 0 Å². The van der Waals surface area contributed by atoms with Gasteiger partial charge in [0.1, 0.15) is 6.10 Å². The Morgan fingerprint density at radius 2 is 1.33 bits per heavy atom. The zero-order valence-electron chi connectivity index (χ0n) is 11.3. The topological polar surface area (TPSA) is 37.3 Å². The van der Waals surface area contributed by atoms with Gasteiger partial charge in [0.2, 0.25) is 0 Å². The molecule has 1 rings (SSSR count). The van der Waals surface area contributed by atoms with Crippen LogP contribution in [-0.4, -0.2) is 45.1 Å². The number of aliphatic hydroxyl groups excluding tert-OH is 1. The lowest BCUT2D eigenvalue weighted by Crippen LogP contribution is -2.65. The Morgan fingerprint density at radius 1 is 0.875 bits per heavy atom. The molecule has 0 fully saturated rings. The minimum Gasteiger partial charge on any atom is -0.386 e. The van der Waals surface area contributed by atoms with Crippen LogP contribution in [0.3, 0.4) is 0 Å². The van der Waals surface area contributed by atoms with Crippen LogP contribution in [0, 0.1) is 0 Å². The molecule has 1 aromatic carbocycles. The maximum absolute atomic E-state index is 13.4. The summed E-state index contributed by atoms with van der Waals surface area (Å²) in [7, 11) is -2.53. The van der Waals surface area contributed by atoms with E-state index in [0.717, 1.165) is 12.1 Å². The van der Waals surface area contributed by atoms with Crippen molar-refractivity contribution in [1.29, 1.82) is 0 Å². The first kappa shape index (κ1) is 20.7. The lowest BCUT2D eigenvalue weighted by atomic mass is 10.00. The van der Waals surface area contributed by atoms with Crippen LogP contribution in [0.25, 0.3) is 0 Å². The molecule has 24 heavy (non-hydrogen) atoms. The van der Waals surface area contributed by atoms with E-state index in [1.54, 1.807) is 0 Å². The first-order valence-electron chi connectivity index (χ1n) is 5.98. The molecular weight excluding hydrogens is 379 g/mol. The molecule has 138 valence electrons. The normalized spacial score (nSPS) is 16.8. The molecule has 0 radical (unpaired) electrons. The highest BCUT2D eigenvalue weighted by Crippen LogP contribution is 2.54. The SMILES string of the molecule is O=S(CC(O)C(F)(F)C(F)(F)C(F)(F)C(F)(F)F)c1ccccc1. The first-order chi connectivity index (χ1) is 10.7. The number of alkyl halides is 9. The molecule has 2 nitrogen and oxygen atoms in total. The lowest BCUT2D eigenvalue weighted by molar-refractivity contribution is -0.404. The predicted octanol–water partition coefficient (Wildman–Crippen LogP) is 3.62. The van der Waals surface area contributed by atoms with E-state index in [0.29, 0.717) is 0 Å². The van der Waals surface area contributed by atoms with Crippen LogP contribution in [-0.2, 0) is 10.8 Å². The molecule has 2 atom stereocenters. The molecule has 0 aliphatic heterocycles. The zero-order chi connectivity index (χ0) is 19.0. The summed E-state index contributed by atoms with van der Waals surface area (Å²) < 4.78 is 126. The standard InChI is InChI=1S/C12H9F9O2S/c13-9(14,10(15,16)11(17,18)12(19,20)21)8(22)6-24(23)7-4-2-1-3-5-7/h1-5,8,22H,6H2. The predicted molar refractivity (Wildman–Crippen MR) is 64.6 cm³/mol. The van der Waals surface area contributed by atoms with Crippen LogP contribution in [0.1, 0.15) is 0 Å². The minimum atomic E-state index is -7.10. The highest BCUT2D eigenvalue weighted by molar-refractivity contribution is 7.85. The van der Waals surface area contributed by atoms with Gasteiger partial charge in [0.05, 0.1) is 16.6 Å². The van der Waals surface area contributed by atoms with E-state index in [-0.39, 0.29) is 4.90 Å². The third-order valence-corrected chi connectivity index (χ3v) is 4.32. The summed E-state index contributed by atoms with van der Waals surface area (Å²) in [5, 5.41) is 9.05. The van der Waals surface area contributed by atoms with Gasteiger partial charge in [-0.15, -0.1) is 0 Å². The maximum Gasteiger partial charge on any atom is 0.460 e. The molecule has 0 aliphatic rings. The summed E-state index contributed by atoms with van der Waals surface area (Å²) in [6, 6.07) is 6.19. The Morgan fingerprint density at radius 3 is 1.75 bits per heavy atom. The fourth-order valence-electron chi connectivity index (χ4n) is 1.51. The minimum absolute atomic E-state index is 0.210. The van der Waals surface area contributed by atoms with Crippen molar-refractivity contribution in [1.82, 2.24) is 0 Å². The summed E-state index contributed by atoms with van der Waals surface area (Å²) in [5.41, 5.74) is 0. The summed E-state index contributed by atoms with van der Waals surface area (Å²) in [6.45, 7) is 0. The molecular formula is C12H9F9O2S. The van der Waals surface area contributed by atoms with Crippen LogP contribution >= 0.6 is 0 Å².